The van der Waals surface area contributed by atoms with Crippen LogP contribution in [0.5, 0.6) is 0 Å². The second kappa shape index (κ2) is 16.7. The molecule has 0 aliphatic rings. The van der Waals surface area contributed by atoms with E-state index < -0.39 is 13.3 Å². The van der Waals surface area contributed by atoms with E-state index in [4.69, 9.17) is 0 Å². The van der Waals surface area contributed by atoms with Crippen LogP contribution in [0.2, 0.25) is 0 Å². The summed E-state index contributed by atoms with van der Waals surface area (Å²) in [6.45, 7) is 0. The van der Waals surface area contributed by atoms with Crippen molar-refractivity contribution in [1.82, 2.24) is 4.57 Å². The van der Waals surface area contributed by atoms with Crippen molar-refractivity contribution in [1.29, 1.82) is 0 Å². The van der Waals surface area contributed by atoms with Crippen LogP contribution in [0.25, 0.3) is 49.7 Å². The number of benzene rings is 10. The zero-order chi connectivity index (χ0) is 42.0. The second-order valence-corrected chi connectivity index (χ2v) is 24.1. The van der Waals surface area contributed by atoms with E-state index in [0.717, 1.165) is 22.7 Å². The van der Waals surface area contributed by atoms with Crippen LogP contribution in [-0.2, 0) is 0 Å². The minimum atomic E-state index is -3.35. The summed E-state index contributed by atoms with van der Waals surface area (Å²) in [7, 11) is 0. The van der Waals surface area contributed by atoms with Crippen molar-refractivity contribution in [3.63, 3.8) is 0 Å². The Hall–Kier alpha value is -7.66. The van der Waals surface area contributed by atoms with E-state index in [0.29, 0.717) is 0 Å². The molecule has 0 unspecified atom stereocenters. The first-order valence-electron chi connectivity index (χ1n) is 21.7. The molecule has 0 saturated heterocycles. The van der Waals surface area contributed by atoms with E-state index in [2.05, 4.69) is 276 Å². The Morgan fingerprint density at radius 3 is 1.14 bits per heavy atom. The van der Waals surface area contributed by atoms with Gasteiger partial charge in [-0.3, -0.25) is 0 Å². The van der Waals surface area contributed by atoms with Crippen LogP contribution < -0.4 is 22.5 Å². The predicted molar refractivity (Wildman–Crippen MR) is 270 cm³/mol. The summed E-state index contributed by atoms with van der Waals surface area (Å²) < 4.78 is 8.05. The first kappa shape index (κ1) is 38.3. The molecule has 0 N–H and O–H groups in total. The van der Waals surface area contributed by atoms with Gasteiger partial charge in [0.25, 0.3) is 0 Å². The van der Waals surface area contributed by atoms with Crippen LogP contribution in [0.4, 0.5) is 17.1 Å². The third-order valence-corrected chi connectivity index (χ3v) is 22.6. The Balaban J connectivity index is 1.00. The van der Waals surface area contributed by atoms with Crippen molar-refractivity contribution < 1.29 is 0 Å². The van der Waals surface area contributed by atoms with Gasteiger partial charge in [-0.2, -0.15) is 0 Å². The van der Waals surface area contributed by atoms with Crippen LogP contribution in [0, 0.1) is 0 Å². The average molecular weight is 866 g/mol. The molecule has 0 aliphatic heterocycles. The summed E-state index contributed by atoms with van der Waals surface area (Å²) in [4.78, 5) is 2.39. The smallest absolute Gasteiger partial charge is 0.0617 e. The van der Waals surface area contributed by atoms with Gasteiger partial charge in [0.2, 0.25) is 0 Å². The number of hydrogen-bond donors (Lipinski definition) is 0. The molecule has 298 valence electrons. The topological polar surface area (TPSA) is 8.17 Å². The van der Waals surface area contributed by atoms with Crippen LogP contribution in [0.15, 0.2) is 267 Å². The molecule has 3 heteroatoms. The molecule has 0 fully saturated rings. The molecule has 1 aromatic heterocycles. The van der Waals surface area contributed by atoms with Crippen molar-refractivity contribution in [3.05, 3.63) is 267 Å². The zero-order valence-corrected chi connectivity index (χ0v) is 36.9. The second-order valence-electron chi connectivity index (χ2n) is 16.1. The fourth-order valence-corrected chi connectivity index (χ4v) is 19.6. The fraction of sp³-hybridized carbons (Fsp3) is 0. The van der Waals surface area contributed by atoms with E-state index >= 15 is 0 Å². The van der Waals surface area contributed by atoms with Gasteiger partial charge >= 0.3 is 251 Å². The molecule has 2 nitrogen and oxygen atoms in total. The monoisotopic (exact) mass is 866 g/mol. The Morgan fingerprint density at radius 2 is 0.635 bits per heavy atom. The standard InChI is InChI=1S/C60H44GeN2/c1-6-18-45(19-7-1)47-32-38-54(39-33-47)62(56-42-43-60-58(44-56)57-28-16-17-29-59(57)63(60)53-26-14-5-15-27-53)55-40-34-48(35-41-55)46-30-36-52(37-31-46)61(49-20-8-2-9-21-49,50-22-10-3-11-23-50)51-24-12-4-13-25-51/h1-44H. The van der Waals surface area contributed by atoms with Crippen LogP contribution in [0.1, 0.15) is 0 Å². The summed E-state index contributed by atoms with van der Waals surface area (Å²) in [5.74, 6) is 0. The number of rotatable bonds is 10. The Kier molecular flexibility index (Phi) is 10.1. The van der Waals surface area contributed by atoms with Gasteiger partial charge in [0.05, 0.1) is 11.0 Å². The molecule has 0 atom stereocenters. The molecule has 0 saturated carbocycles. The minimum absolute atomic E-state index is 1.10. The average Bonchev–Trinajstić information content (AvgIpc) is 3.70. The Labute approximate surface area is 372 Å². The number of aromatic nitrogens is 1. The van der Waals surface area contributed by atoms with E-state index in [1.807, 2.05) is 0 Å². The van der Waals surface area contributed by atoms with E-state index in [9.17, 15) is 0 Å². The third kappa shape index (κ3) is 6.95. The van der Waals surface area contributed by atoms with E-state index in [-0.39, 0.29) is 0 Å². The quantitative estimate of drug-likeness (QED) is 0.124. The molecule has 0 aliphatic carbocycles. The van der Waals surface area contributed by atoms with Crippen molar-refractivity contribution in [3.8, 4) is 27.9 Å². The van der Waals surface area contributed by atoms with Crippen molar-refractivity contribution in [2.75, 3.05) is 4.90 Å². The molecule has 10 aromatic carbocycles. The van der Waals surface area contributed by atoms with Gasteiger partial charge in [-0.1, -0.05) is 66.7 Å². The SMILES string of the molecule is c1ccc(-c2ccc(N(c3ccc(-c4cc[c]([Ge]([c]5ccccc5)([c]5ccccc5)[c]5ccccc5)cc4)cc3)c3ccc4c(c3)c3ccccc3n4-c3ccccc3)cc2)cc1. The van der Waals surface area contributed by atoms with Gasteiger partial charge in [0.1, 0.15) is 0 Å². The summed E-state index contributed by atoms with van der Waals surface area (Å²) in [5.41, 5.74) is 11.6. The van der Waals surface area contributed by atoms with Crippen molar-refractivity contribution in [2.45, 2.75) is 0 Å². The summed E-state index contributed by atoms with van der Waals surface area (Å²) in [6.07, 6.45) is 0. The molecule has 11 aromatic rings. The van der Waals surface area contributed by atoms with Gasteiger partial charge < -0.3 is 4.57 Å². The Morgan fingerprint density at radius 1 is 0.270 bits per heavy atom. The molecule has 63 heavy (non-hydrogen) atoms. The predicted octanol–water partition coefficient (Wildman–Crippen LogP) is 13.0. The molecule has 0 radical (unpaired) electrons. The molecular formula is C60H44GeN2. The normalized spacial score (nSPS) is 11.5. The van der Waals surface area contributed by atoms with Gasteiger partial charge in [-0.25, -0.2) is 0 Å². The van der Waals surface area contributed by atoms with Crippen molar-refractivity contribution in [2.24, 2.45) is 0 Å². The Bertz CT molecular complexity index is 3180. The fourth-order valence-electron chi connectivity index (χ4n) is 9.62. The number of nitrogens with zero attached hydrogens (tertiary/aromatic N) is 2. The van der Waals surface area contributed by atoms with E-state index in [1.54, 1.807) is 0 Å². The maximum atomic E-state index is 2.40. The van der Waals surface area contributed by atoms with Gasteiger partial charge in [0, 0.05) is 11.1 Å². The molecule has 0 bridgehead atoms. The van der Waals surface area contributed by atoms with E-state index in [1.165, 1.54) is 61.6 Å². The summed E-state index contributed by atoms with van der Waals surface area (Å²) in [6, 6.07) is 98.0. The maximum absolute atomic E-state index is 3.35. The molecule has 11 rings (SSSR count). The zero-order valence-electron chi connectivity index (χ0n) is 34.8. The minimum Gasteiger partial charge on any atom is -0.0617 e. The number of para-hydroxylation sites is 2. The van der Waals surface area contributed by atoms with Crippen LogP contribution >= 0.6 is 0 Å². The first-order valence-corrected chi connectivity index (χ1v) is 25.9. The van der Waals surface area contributed by atoms with Gasteiger partial charge in [0.15, 0.2) is 0 Å². The third-order valence-electron chi connectivity index (χ3n) is 12.6. The summed E-state index contributed by atoms with van der Waals surface area (Å²) in [5, 5.41) is 2.45. The van der Waals surface area contributed by atoms with Crippen LogP contribution in [-0.4, -0.2) is 17.8 Å². The van der Waals surface area contributed by atoms with Crippen LogP contribution in [0.3, 0.4) is 0 Å². The number of hydrogen-bond acceptors (Lipinski definition) is 1. The number of fused-ring (bicyclic) bond motifs is 3. The first-order chi connectivity index (χ1) is 31.3. The van der Waals surface area contributed by atoms with Gasteiger partial charge in [-0.15, -0.1) is 0 Å². The van der Waals surface area contributed by atoms with Gasteiger partial charge in [-0.05, 0) is 29.3 Å². The summed E-state index contributed by atoms with van der Waals surface area (Å²) >= 11 is -3.35. The van der Waals surface area contributed by atoms with Crippen molar-refractivity contribution >= 4 is 69.7 Å². The molecule has 1 heterocycles. The molecular weight excluding hydrogens is 821 g/mol. The molecule has 0 amide bonds. The number of anilines is 3. The molecule has 0 spiro atoms.